The van der Waals surface area contributed by atoms with Crippen molar-refractivity contribution >= 4 is 5.82 Å². The average Bonchev–Trinajstić information content (AvgIpc) is 3.04. The van der Waals surface area contributed by atoms with E-state index in [-0.39, 0.29) is 0 Å². The summed E-state index contributed by atoms with van der Waals surface area (Å²) in [5.74, 6) is 1.82. The number of aryl methyl sites for hydroxylation is 1. The predicted molar refractivity (Wildman–Crippen MR) is 110 cm³/mol. The molecule has 0 aliphatic carbocycles. The van der Waals surface area contributed by atoms with Gasteiger partial charge in [-0.25, -0.2) is 9.97 Å². The van der Waals surface area contributed by atoms with E-state index in [2.05, 4.69) is 27.8 Å². The van der Waals surface area contributed by atoms with Crippen LogP contribution in [0.4, 0.5) is 5.82 Å². The Morgan fingerprint density at radius 1 is 1.00 bits per heavy atom. The van der Waals surface area contributed by atoms with Gasteiger partial charge in [-0.2, -0.15) is 0 Å². The second-order valence-electron chi connectivity index (χ2n) is 7.80. The van der Waals surface area contributed by atoms with Crippen molar-refractivity contribution in [1.29, 1.82) is 0 Å². The van der Waals surface area contributed by atoms with Crippen LogP contribution in [0.2, 0.25) is 0 Å². The first kappa shape index (κ1) is 18.4. The largest absolute Gasteiger partial charge is 0.355 e. The van der Waals surface area contributed by atoms with Gasteiger partial charge in [0.2, 0.25) is 0 Å². The Hall–Kier alpha value is -2.01. The molecule has 5 nitrogen and oxygen atoms in total. The van der Waals surface area contributed by atoms with Gasteiger partial charge in [0.15, 0.2) is 5.82 Å². The molecular weight excluding hydrogens is 334 g/mol. The smallest absolute Gasteiger partial charge is 0.180 e. The molecule has 0 aromatic carbocycles. The van der Waals surface area contributed by atoms with Crippen molar-refractivity contribution in [3.05, 3.63) is 36.2 Å². The molecule has 144 valence electrons. The highest BCUT2D eigenvalue weighted by Crippen LogP contribution is 2.25. The van der Waals surface area contributed by atoms with E-state index in [0.29, 0.717) is 6.04 Å². The van der Waals surface area contributed by atoms with Crippen LogP contribution in [0.5, 0.6) is 0 Å². The second kappa shape index (κ2) is 8.79. The standard InChI is InChI=1S/C22H31N5/c1-2-18-16-21(25-22(24-18)20-11-5-6-12-23-20)27-15-9-10-19(17-27)26-13-7-3-4-8-14-26/h5-6,11-12,16,19H,2-4,7-10,13-15,17H2,1H3. The Balaban J connectivity index is 1.56. The summed E-state index contributed by atoms with van der Waals surface area (Å²) >= 11 is 0. The SMILES string of the molecule is CCc1cc(N2CCCC(N3CCCCCC3)C2)nc(-c2ccccn2)n1. The van der Waals surface area contributed by atoms with Crippen molar-refractivity contribution in [2.24, 2.45) is 0 Å². The van der Waals surface area contributed by atoms with Crippen LogP contribution in [0.3, 0.4) is 0 Å². The van der Waals surface area contributed by atoms with Gasteiger partial charge in [-0.05, 0) is 57.3 Å². The molecule has 2 saturated heterocycles. The number of aromatic nitrogens is 3. The van der Waals surface area contributed by atoms with E-state index >= 15 is 0 Å². The molecule has 2 aliphatic heterocycles. The van der Waals surface area contributed by atoms with E-state index in [1.807, 2.05) is 24.4 Å². The summed E-state index contributed by atoms with van der Waals surface area (Å²) in [4.78, 5) is 19.3. The highest BCUT2D eigenvalue weighted by molar-refractivity contribution is 5.54. The van der Waals surface area contributed by atoms with E-state index in [4.69, 9.17) is 9.97 Å². The Labute approximate surface area is 162 Å². The first-order chi connectivity index (χ1) is 13.3. The zero-order chi connectivity index (χ0) is 18.5. The number of anilines is 1. The maximum absolute atomic E-state index is 4.91. The Bertz CT molecular complexity index is 725. The highest BCUT2D eigenvalue weighted by atomic mass is 15.3. The molecule has 0 spiro atoms. The minimum absolute atomic E-state index is 0.662. The third-order valence-electron chi connectivity index (χ3n) is 5.90. The summed E-state index contributed by atoms with van der Waals surface area (Å²) in [6.45, 7) is 6.86. The van der Waals surface area contributed by atoms with Gasteiger partial charge in [0.1, 0.15) is 11.5 Å². The molecule has 2 aromatic rings. The molecule has 27 heavy (non-hydrogen) atoms. The van der Waals surface area contributed by atoms with Crippen molar-refractivity contribution in [2.75, 3.05) is 31.1 Å². The molecule has 2 aliphatic rings. The van der Waals surface area contributed by atoms with Crippen LogP contribution in [0, 0.1) is 0 Å². The summed E-state index contributed by atoms with van der Waals surface area (Å²) in [5, 5.41) is 0. The van der Waals surface area contributed by atoms with E-state index in [9.17, 15) is 0 Å². The van der Waals surface area contributed by atoms with Gasteiger partial charge in [-0.15, -0.1) is 0 Å². The van der Waals surface area contributed by atoms with Gasteiger partial charge >= 0.3 is 0 Å². The predicted octanol–water partition coefficient (Wildman–Crippen LogP) is 3.95. The molecule has 2 aromatic heterocycles. The number of pyridine rings is 1. The zero-order valence-electron chi connectivity index (χ0n) is 16.5. The number of hydrogen-bond donors (Lipinski definition) is 0. The second-order valence-corrected chi connectivity index (χ2v) is 7.80. The molecule has 0 amide bonds. The molecule has 0 bridgehead atoms. The number of piperidine rings is 1. The van der Waals surface area contributed by atoms with Crippen molar-refractivity contribution in [1.82, 2.24) is 19.9 Å². The van der Waals surface area contributed by atoms with E-state index in [0.717, 1.165) is 42.5 Å². The van der Waals surface area contributed by atoms with Crippen LogP contribution in [0.1, 0.15) is 51.1 Å². The monoisotopic (exact) mass is 365 g/mol. The number of likely N-dealkylation sites (tertiary alicyclic amines) is 1. The first-order valence-electron chi connectivity index (χ1n) is 10.6. The van der Waals surface area contributed by atoms with Crippen LogP contribution >= 0.6 is 0 Å². The highest BCUT2D eigenvalue weighted by Gasteiger charge is 2.27. The molecule has 2 fully saturated rings. The number of hydrogen-bond acceptors (Lipinski definition) is 5. The fraction of sp³-hybridized carbons (Fsp3) is 0.591. The molecule has 4 rings (SSSR count). The Morgan fingerprint density at radius 2 is 1.85 bits per heavy atom. The van der Waals surface area contributed by atoms with Crippen molar-refractivity contribution in [2.45, 2.75) is 57.9 Å². The van der Waals surface area contributed by atoms with Crippen molar-refractivity contribution < 1.29 is 0 Å². The lowest BCUT2D eigenvalue weighted by Crippen LogP contribution is -2.48. The molecule has 0 N–H and O–H groups in total. The fourth-order valence-corrected chi connectivity index (χ4v) is 4.36. The molecule has 1 unspecified atom stereocenters. The molecule has 1 atom stereocenters. The molecular formula is C22H31N5. The number of rotatable bonds is 4. The first-order valence-corrected chi connectivity index (χ1v) is 10.6. The molecule has 0 radical (unpaired) electrons. The third kappa shape index (κ3) is 4.46. The van der Waals surface area contributed by atoms with Crippen LogP contribution < -0.4 is 4.90 Å². The lowest BCUT2D eigenvalue weighted by molar-refractivity contribution is 0.182. The minimum atomic E-state index is 0.662. The van der Waals surface area contributed by atoms with Gasteiger partial charge in [0, 0.05) is 37.1 Å². The van der Waals surface area contributed by atoms with Crippen molar-refractivity contribution in [3.8, 4) is 11.5 Å². The topological polar surface area (TPSA) is 45.2 Å². The van der Waals surface area contributed by atoms with Crippen LogP contribution in [0.25, 0.3) is 11.5 Å². The van der Waals surface area contributed by atoms with E-state index < -0.39 is 0 Å². The van der Waals surface area contributed by atoms with Gasteiger partial charge in [-0.1, -0.05) is 25.8 Å². The fourth-order valence-electron chi connectivity index (χ4n) is 4.36. The number of nitrogens with zero attached hydrogens (tertiary/aromatic N) is 5. The summed E-state index contributed by atoms with van der Waals surface area (Å²) in [5.41, 5.74) is 1.95. The van der Waals surface area contributed by atoms with Gasteiger partial charge in [0.25, 0.3) is 0 Å². The summed E-state index contributed by atoms with van der Waals surface area (Å²) in [7, 11) is 0. The maximum Gasteiger partial charge on any atom is 0.180 e. The molecule has 0 saturated carbocycles. The third-order valence-corrected chi connectivity index (χ3v) is 5.90. The van der Waals surface area contributed by atoms with Gasteiger partial charge < -0.3 is 4.90 Å². The quantitative estimate of drug-likeness (QED) is 0.821. The average molecular weight is 366 g/mol. The molecule has 5 heteroatoms. The van der Waals surface area contributed by atoms with Gasteiger partial charge in [-0.3, -0.25) is 9.88 Å². The van der Waals surface area contributed by atoms with Crippen LogP contribution in [0.15, 0.2) is 30.5 Å². The Morgan fingerprint density at radius 3 is 2.59 bits per heavy atom. The van der Waals surface area contributed by atoms with E-state index in [1.165, 1.54) is 51.6 Å². The summed E-state index contributed by atoms with van der Waals surface area (Å²) in [6, 6.07) is 8.77. The van der Waals surface area contributed by atoms with Gasteiger partial charge in [0.05, 0.1) is 0 Å². The summed E-state index contributed by atoms with van der Waals surface area (Å²) in [6.07, 6.45) is 10.8. The zero-order valence-corrected chi connectivity index (χ0v) is 16.5. The molecule has 4 heterocycles. The lowest BCUT2D eigenvalue weighted by atomic mass is 10.0. The van der Waals surface area contributed by atoms with Crippen LogP contribution in [-0.4, -0.2) is 52.1 Å². The van der Waals surface area contributed by atoms with Crippen LogP contribution in [-0.2, 0) is 6.42 Å². The normalized spacial score (nSPS) is 21.8. The Kier molecular flexibility index (Phi) is 5.97. The maximum atomic E-state index is 4.91. The lowest BCUT2D eigenvalue weighted by Gasteiger charge is -2.39. The minimum Gasteiger partial charge on any atom is -0.355 e. The van der Waals surface area contributed by atoms with Crippen molar-refractivity contribution in [3.63, 3.8) is 0 Å². The van der Waals surface area contributed by atoms with E-state index in [1.54, 1.807) is 0 Å². The summed E-state index contributed by atoms with van der Waals surface area (Å²) < 4.78 is 0.